The van der Waals surface area contributed by atoms with Gasteiger partial charge >= 0.3 is 5.97 Å². The number of hydrogen-bond acceptors (Lipinski definition) is 2. The monoisotopic (exact) mass is 420 g/mol. The van der Waals surface area contributed by atoms with Crippen LogP contribution in [-0.4, -0.2) is 17.0 Å². The molecule has 0 aliphatic carbocycles. The molecule has 1 atom stereocenters. The van der Waals surface area contributed by atoms with Crippen molar-refractivity contribution in [2.45, 2.75) is 81.5 Å². The van der Waals surface area contributed by atoms with E-state index in [-0.39, 0.29) is 9.89 Å². The van der Waals surface area contributed by atoms with Gasteiger partial charge in [0.25, 0.3) is 0 Å². The van der Waals surface area contributed by atoms with E-state index < -0.39 is 0 Å². The lowest BCUT2D eigenvalue weighted by atomic mass is 10.1. The third-order valence-electron chi connectivity index (χ3n) is 3.62. The number of rotatable bonds is 14. The van der Waals surface area contributed by atoms with Gasteiger partial charge in [0.1, 0.15) is 3.92 Å². The number of methoxy groups -OCH3 is 1. The van der Waals surface area contributed by atoms with Gasteiger partial charge in [-0.3, -0.25) is 4.79 Å². The molecule has 3 heteroatoms. The fourth-order valence-electron chi connectivity index (χ4n) is 2.20. The van der Waals surface area contributed by atoms with Crippen LogP contribution in [0.5, 0.6) is 0 Å². The maximum atomic E-state index is 11.2. The van der Waals surface area contributed by atoms with Gasteiger partial charge in [-0.15, -0.1) is 0 Å². The summed E-state index contributed by atoms with van der Waals surface area (Å²) >= 11 is 2.17. The van der Waals surface area contributed by atoms with E-state index in [4.69, 9.17) is 4.74 Å². The van der Waals surface area contributed by atoms with Gasteiger partial charge in [-0.05, 0) is 38.5 Å². The third kappa shape index (κ3) is 14.6. The van der Waals surface area contributed by atoms with Crippen LogP contribution in [0.15, 0.2) is 24.3 Å². The van der Waals surface area contributed by atoms with E-state index in [1.165, 1.54) is 58.5 Å². The molecular weight excluding hydrogens is 387 g/mol. The fourth-order valence-corrected chi connectivity index (χ4v) is 2.90. The van der Waals surface area contributed by atoms with Crippen molar-refractivity contribution in [3.63, 3.8) is 0 Å². The summed E-state index contributed by atoms with van der Waals surface area (Å²) in [6.07, 6.45) is 22.4. The summed E-state index contributed by atoms with van der Waals surface area (Å²) in [5, 5.41) is 0. The molecule has 0 rings (SSSR count). The Balaban J connectivity index is 3.32. The summed E-state index contributed by atoms with van der Waals surface area (Å²) in [7, 11) is 1.46. The first kappa shape index (κ1) is 21.7. The van der Waals surface area contributed by atoms with Gasteiger partial charge in [-0.1, -0.05) is 85.9 Å². The molecule has 0 aromatic heterocycles. The maximum Gasteiger partial charge on any atom is 0.318 e. The van der Waals surface area contributed by atoms with Crippen molar-refractivity contribution >= 4 is 28.6 Å². The first-order valence-corrected chi connectivity index (χ1v) is 9.98. The number of allylic oxidation sites excluding steroid dienone is 4. The van der Waals surface area contributed by atoms with Crippen molar-refractivity contribution in [3.8, 4) is 0 Å². The summed E-state index contributed by atoms with van der Waals surface area (Å²) in [6.45, 7) is 2.24. The zero-order valence-electron chi connectivity index (χ0n) is 14.4. The number of ether oxygens (including phenoxy) is 1. The standard InChI is InChI=1S/C19H33IO2/c1-3-4-5-6-7-8-9-10-11-12-13-14-15-16-17-18(20)19(21)22-2/h7-8,10-11,18H,3-6,9,12-17H2,1-2H3/b8-7-,11-10-. The van der Waals surface area contributed by atoms with E-state index in [9.17, 15) is 4.79 Å². The molecule has 0 aliphatic heterocycles. The Morgan fingerprint density at radius 3 is 2.14 bits per heavy atom. The molecule has 0 bridgehead atoms. The van der Waals surface area contributed by atoms with E-state index >= 15 is 0 Å². The molecule has 1 unspecified atom stereocenters. The largest absolute Gasteiger partial charge is 0.468 e. The van der Waals surface area contributed by atoms with E-state index in [1.54, 1.807) is 0 Å². The van der Waals surface area contributed by atoms with Crippen LogP contribution < -0.4 is 0 Å². The number of alkyl halides is 1. The second-order valence-electron chi connectivity index (χ2n) is 5.66. The number of halogens is 1. The molecule has 0 aliphatic rings. The second-order valence-corrected chi connectivity index (χ2v) is 7.16. The average Bonchev–Trinajstić information content (AvgIpc) is 2.54. The highest BCUT2D eigenvalue weighted by Gasteiger charge is 2.13. The van der Waals surface area contributed by atoms with E-state index in [0.717, 1.165) is 19.3 Å². The Labute approximate surface area is 150 Å². The van der Waals surface area contributed by atoms with Crippen LogP contribution in [0.4, 0.5) is 0 Å². The van der Waals surface area contributed by atoms with Crippen molar-refractivity contribution in [1.29, 1.82) is 0 Å². The summed E-state index contributed by atoms with van der Waals surface area (Å²) in [4.78, 5) is 11.2. The first-order valence-electron chi connectivity index (χ1n) is 8.74. The second kappa shape index (κ2) is 17.0. The molecular formula is C19H33IO2. The smallest absolute Gasteiger partial charge is 0.318 e. The Bertz CT molecular complexity index is 311. The fraction of sp³-hybridized carbons (Fsp3) is 0.737. The molecule has 0 aromatic rings. The molecule has 0 saturated carbocycles. The average molecular weight is 420 g/mol. The predicted molar refractivity (Wildman–Crippen MR) is 105 cm³/mol. The first-order chi connectivity index (χ1) is 10.7. The van der Waals surface area contributed by atoms with Crippen molar-refractivity contribution in [3.05, 3.63) is 24.3 Å². The highest BCUT2D eigenvalue weighted by Crippen LogP contribution is 2.14. The molecule has 0 heterocycles. The summed E-state index contributed by atoms with van der Waals surface area (Å²) < 4.78 is 4.74. The number of hydrogen-bond donors (Lipinski definition) is 0. The lowest BCUT2D eigenvalue weighted by Crippen LogP contribution is -2.14. The molecule has 128 valence electrons. The minimum Gasteiger partial charge on any atom is -0.468 e. The van der Waals surface area contributed by atoms with Crippen LogP contribution in [0.25, 0.3) is 0 Å². The molecule has 0 fully saturated rings. The molecule has 0 spiro atoms. The molecule has 2 nitrogen and oxygen atoms in total. The van der Waals surface area contributed by atoms with Crippen LogP contribution >= 0.6 is 22.6 Å². The van der Waals surface area contributed by atoms with Crippen LogP contribution in [-0.2, 0) is 9.53 Å². The zero-order chi connectivity index (χ0) is 16.5. The third-order valence-corrected chi connectivity index (χ3v) is 4.75. The molecule has 0 N–H and O–H groups in total. The van der Waals surface area contributed by atoms with E-state index in [2.05, 4.69) is 53.8 Å². The number of carbonyl (C=O) groups is 1. The minimum atomic E-state index is -0.0914. The molecule has 0 saturated heterocycles. The molecule has 0 aromatic carbocycles. The Hall–Kier alpha value is -0.320. The maximum absolute atomic E-state index is 11.2. The lowest BCUT2D eigenvalue weighted by molar-refractivity contribution is -0.139. The van der Waals surface area contributed by atoms with E-state index in [1.807, 2.05) is 0 Å². The van der Waals surface area contributed by atoms with Crippen molar-refractivity contribution < 1.29 is 9.53 Å². The normalized spacial score (nSPS) is 13.0. The summed E-state index contributed by atoms with van der Waals surface area (Å²) in [5.74, 6) is -0.0914. The molecule has 0 amide bonds. The summed E-state index contributed by atoms with van der Waals surface area (Å²) in [6, 6.07) is 0. The predicted octanol–water partition coefficient (Wildman–Crippen LogP) is 6.39. The molecule has 22 heavy (non-hydrogen) atoms. The highest BCUT2D eigenvalue weighted by atomic mass is 127. The van der Waals surface area contributed by atoms with Crippen LogP contribution in [0.3, 0.4) is 0 Å². The van der Waals surface area contributed by atoms with Crippen LogP contribution in [0.2, 0.25) is 0 Å². The van der Waals surface area contributed by atoms with Gasteiger partial charge in [0.05, 0.1) is 7.11 Å². The SMILES string of the molecule is CCCCC/C=C\C/C=C\CCCCCCC(I)C(=O)OC. The number of unbranched alkanes of at least 4 members (excludes halogenated alkanes) is 7. The van der Waals surface area contributed by atoms with Crippen molar-refractivity contribution in [1.82, 2.24) is 0 Å². The zero-order valence-corrected chi connectivity index (χ0v) is 16.5. The van der Waals surface area contributed by atoms with Gasteiger partial charge < -0.3 is 4.74 Å². The number of carbonyl (C=O) groups excluding carboxylic acids is 1. The van der Waals surface area contributed by atoms with Gasteiger partial charge in [-0.2, -0.15) is 0 Å². The summed E-state index contributed by atoms with van der Waals surface area (Å²) in [5.41, 5.74) is 0. The van der Waals surface area contributed by atoms with Crippen molar-refractivity contribution in [2.75, 3.05) is 7.11 Å². The van der Waals surface area contributed by atoms with Crippen molar-refractivity contribution in [2.24, 2.45) is 0 Å². The van der Waals surface area contributed by atoms with E-state index in [0.29, 0.717) is 0 Å². The van der Waals surface area contributed by atoms with Gasteiger partial charge in [0, 0.05) is 0 Å². The topological polar surface area (TPSA) is 26.3 Å². The Morgan fingerprint density at radius 1 is 0.955 bits per heavy atom. The van der Waals surface area contributed by atoms with Gasteiger partial charge in [-0.25, -0.2) is 0 Å². The molecule has 0 radical (unpaired) electrons. The number of esters is 1. The van der Waals surface area contributed by atoms with Crippen LogP contribution in [0, 0.1) is 0 Å². The van der Waals surface area contributed by atoms with Crippen LogP contribution in [0.1, 0.15) is 77.6 Å². The Morgan fingerprint density at radius 2 is 1.55 bits per heavy atom. The van der Waals surface area contributed by atoms with Gasteiger partial charge in [0.2, 0.25) is 0 Å². The quantitative estimate of drug-likeness (QED) is 0.107. The van der Waals surface area contributed by atoms with Gasteiger partial charge in [0.15, 0.2) is 0 Å². The minimum absolute atomic E-state index is 0.0200. The lowest BCUT2D eigenvalue weighted by Gasteiger charge is -2.06. The highest BCUT2D eigenvalue weighted by molar-refractivity contribution is 14.1. The Kier molecular flexibility index (Phi) is 16.8.